The average Bonchev–Trinajstić information content (AvgIpc) is 3.11. The SMILES string of the molecule is CB(O)CCC(C)C(C)N1Cc2c(cccc2-c2nc3c(O)cccc3n(C)c2=O)C1=O. The zero-order chi connectivity index (χ0) is 23.2. The van der Waals surface area contributed by atoms with Gasteiger partial charge in [-0.25, -0.2) is 4.98 Å². The van der Waals surface area contributed by atoms with Crippen molar-refractivity contribution in [3.8, 4) is 17.0 Å². The Morgan fingerprint density at radius 1 is 1.12 bits per heavy atom. The van der Waals surface area contributed by atoms with E-state index in [0.717, 1.165) is 12.0 Å². The molecule has 1 amide bonds. The summed E-state index contributed by atoms with van der Waals surface area (Å²) < 4.78 is 1.48. The lowest BCUT2D eigenvalue weighted by atomic mass is 9.65. The van der Waals surface area contributed by atoms with Crippen LogP contribution in [-0.4, -0.2) is 43.4 Å². The van der Waals surface area contributed by atoms with Gasteiger partial charge in [0.2, 0.25) is 0 Å². The van der Waals surface area contributed by atoms with Gasteiger partial charge in [-0.1, -0.05) is 38.4 Å². The Morgan fingerprint density at radius 3 is 2.53 bits per heavy atom. The molecule has 3 aromatic rings. The van der Waals surface area contributed by atoms with Crippen LogP contribution in [0.3, 0.4) is 0 Å². The van der Waals surface area contributed by atoms with Crippen LogP contribution in [0.25, 0.3) is 22.3 Å². The second kappa shape index (κ2) is 8.43. The van der Waals surface area contributed by atoms with Gasteiger partial charge in [0.05, 0.1) is 5.52 Å². The number of carbonyl (C=O) groups excluding carboxylic acids is 1. The molecule has 0 saturated carbocycles. The summed E-state index contributed by atoms with van der Waals surface area (Å²) in [6, 6.07) is 10.3. The highest BCUT2D eigenvalue weighted by molar-refractivity contribution is 6.48. The van der Waals surface area contributed by atoms with Crippen LogP contribution >= 0.6 is 0 Å². The topological polar surface area (TPSA) is 95.7 Å². The lowest BCUT2D eigenvalue weighted by Crippen LogP contribution is -2.38. The van der Waals surface area contributed by atoms with E-state index in [1.165, 1.54) is 4.57 Å². The minimum atomic E-state index is -0.366. The van der Waals surface area contributed by atoms with Crippen molar-refractivity contribution >= 4 is 23.9 Å². The quantitative estimate of drug-likeness (QED) is 0.582. The fourth-order valence-corrected chi connectivity index (χ4v) is 4.47. The Balaban J connectivity index is 1.76. The Hall–Kier alpha value is -3.13. The minimum Gasteiger partial charge on any atom is -0.506 e. The van der Waals surface area contributed by atoms with Crippen LogP contribution in [-0.2, 0) is 13.6 Å². The molecule has 0 aliphatic carbocycles. The second-order valence-electron chi connectivity index (χ2n) is 8.88. The number of fused-ring (bicyclic) bond motifs is 2. The minimum absolute atomic E-state index is 0.00480. The molecule has 0 saturated heterocycles. The van der Waals surface area contributed by atoms with Crippen LogP contribution in [0.2, 0.25) is 13.1 Å². The first-order valence-corrected chi connectivity index (χ1v) is 11.0. The summed E-state index contributed by atoms with van der Waals surface area (Å²) in [5, 5.41) is 19.9. The van der Waals surface area contributed by atoms with Gasteiger partial charge in [0.25, 0.3) is 18.4 Å². The van der Waals surface area contributed by atoms with Crippen LogP contribution in [0.1, 0.15) is 36.2 Å². The van der Waals surface area contributed by atoms with Gasteiger partial charge in [-0.05, 0) is 42.9 Å². The van der Waals surface area contributed by atoms with Gasteiger partial charge in [0.1, 0.15) is 17.0 Å². The van der Waals surface area contributed by atoms with E-state index < -0.39 is 0 Å². The number of phenolic OH excluding ortho intramolecular Hbond substituents is 1. The van der Waals surface area contributed by atoms with E-state index in [0.29, 0.717) is 35.0 Å². The molecule has 1 aromatic heterocycles. The highest BCUT2D eigenvalue weighted by Gasteiger charge is 2.35. The van der Waals surface area contributed by atoms with Gasteiger partial charge in [-0.15, -0.1) is 0 Å². The summed E-state index contributed by atoms with van der Waals surface area (Å²) >= 11 is 0. The number of hydrogen-bond acceptors (Lipinski definition) is 5. The third-order valence-electron chi connectivity index (χ3n) is 6.69. The molecule has 32 heavy (non-hydrogen) atoms. The first-order chi connectivity index (χ1) is 15.2. The lowest BCUT2D eigenvalue weighted by molar-refractivity contribution is 0.0661. The molecular weight excluding hydrogens is 405 g/mol. The van der Waals surface area contributed by atoms with E-state index in [1.54, 1.807) is 44.2 Å². The molecule has 2 unspecified atom stereocenters. The van der Waals surface area contributed by atoms with Crippen molar-refractivity contribution in [3.63, 3.8) is 0 Å². The molecule has 0 spiro atoms. The monoisotopic (exact) mass is 433 g/mol. The summed E-state index contributed by atoms with van der Waals surface area (Å²) in [4.78, 5) is 32.7. The Morgan fingerprint density at radius 2 is 1.81 bits per heavy atom. The summed E-state index contributed by atoms with van der Waals surface area (Å²) in [6.07, 6.45) is 1.50. The van der Waals surface area contributed by atoms with Gasteiger partial charge >= 0.3 is 0 Å². The molecule has 2 heterocycles. The van der Waals surface area contributed by atoms with Crippen LogP contribution < -0.4 is 5.56 Å². The lowest BCUT2D eigenvalue weighted by Gasteiger charge is -2.30. The van der Waals surface area contributed by atoms with Gasteiger partial charge < -0.3 is 19.6 Å². The number of aryl methyl sites for hydroxylation is 1. The molecule has 166 valence electrons. The first-order valence-electron chi connectivity index (χ1n) is 11.0. The van der Waals surface area contributed by atoms with Crippen LogP contribution in [0.4, 0.5) is 0 Å². The summed E-state index contributed by atoms with van der Waals surface area (Å²) in [7, 11) is 1.65. The van der Waals surface area contributed by atoms with E-state index in [-0.39, 0.29) is 41.8 Å². The molecule has 0 bridgehead atoms. The highest BCUT2D eigenvalue weighted by Crippen LogP contribution is 2.34. The van der Waals surface area contributed by atoms with Crippen LogP contribution in [0.15, 0.2) is 41.2 Å². The zero-order valence-corrected chi connectivity index (χ0v) is 18.9. The van der Waals surface area contributed by atoms with Crippen LogP contribution in [0.5, 0.6) is 5.75 Å². The molecule has 7 nitrogen and oxygen atoms in total. The Kier molecular flexibility index (Phi) is 5.82. The maximum atomic E-state index is 13.2. The van der Waals surface area contributed by atoms with Gasteiger partial charge in [-0.2, -0.15) is 0 Å². The number of aromatic nitrogens is 2. The number of carbonyl (C=O) groups is 1. The number of para-hydroxylation sites is 1. The number of aromatic hydroxyl groups is 1. The van der Waals surface area contributed by atoms with Gasteiger partial charge in [0, 0.05) is 30.8 Å². The standard InChI is InChI=1S/C24H28BN3O4/c1-14(11-12-25(3)32)15(2)28-13-18-16(7-5-8-17(18)23(28)30)21-24(31)27(4)19-9-6-10-20(29)22(19)26-21/h5-10,14-15,29,32H,11-13H2,1-4H3. The Labute approximate surface area is 187 Å². The highest BCUT2D eigenvalue weighted by atomic mass is 16.3. The number of benzene rings is 2. The zero-order valence-electron chi connectivity index (χ0n) is 18.9. The molecule has 0 radical (unpaired) electrons. The predicted molar refractivity (Wildman–Crippen MR) is 126 cm³/mol. The number of nitrogens with zero attached hydrogens (tertiary/aromatic N) is 3. The number of phenols is 1. The number of hydrogen-bond donors (Lipinski definition) is 2. The maximum absolute atomic E-state index is 13.2. The Bertz CT molecular complexity index is 1250. The molecule has 1 aliphatic heterocycles. The van der Waals surface area contributed by atoms with Crippen molar-refractivity contribution in [2.75, 3.05) is 0 Å². The van der Waals surface area contributed by atoms with E-state index >= 15 is 0 Å². The fourth-order valence-electron chi connectivity index (χ4n) is 4.47. The van der Waals surface area contributed by atoms with Gasteiger partial charge in [-0.3, -0.25) is 9.59 Å². The molecule has 8 heteroatoms. The maximum Gasteiger partial charge on any atom is 0.285 e. The van der Waals surface area contributed by atoms with Crippen molar-refractivity contribution in [1.82, 2.24) is 14.5 Å². The molecule has 1 aliphatic rings. The van der Waals surface area contributed by atoms with E-state index in [2.05, 4.69) is 11.9 Å². The predicted octanol–water partition coefficient (Wildman–Crippen LogP) is 3.29. The molecule has 4 rings (SSSR count). The number of amides is 1. The molecular formula is C24H28BN3O4. The van der Waals surface area contributed by atoms with Gasteiger partial charge in [0.15, 0.2) is 0 Å². The first kappa shape index (κ1) is 22.1. The van der Waals surface area contributed by atoms with E-state index in [4.69, 9.17) is 0 Å². The molecule has 0 fully saturated rings. The molecule has 2 N–H and O–H groups in total. The van der Waals surface area contributed by atoms with Crippen molar-refractivity contribution in [1.29, 1.82) is 0 Å². The molecule has 2 atom stereocenters. The third kappa shape index (κ3) is 3.69. The summed E-state index contributed by atoms with van der Waals surface area (Å²) in [5.74, 6) is 0.166. The van der Waals surface area contributed by atoms with Crippen molar-refractivity contribution in [2.45, 2.75) is 46.0 Å². The smallest absolute Gasteiger partial charge is 0.285 e. The fraction of sp³-hybridized carbons (Fsp3) is 0.375. The second-order valence-corrected chi connectivity index (χ2v) is 8.88. The van der Waals surface area contributed by atoms with Crippen LogP contribution in [0, 0.1) is 5.92 Å². The third-order valence-corrected chi connectivity index (χ3v) is 6.69. The number of rotatable bonds is 6. The van der Waals surface area contributed by atoms with E-state index in [9.17, 15) is 19.7 Å². The van der Waals surface area contributed by atoms with Crippen molar-refractivity contribution in [2.24, 2.45) is 13.0 Å². The molecule has 2 aromatic carbocycles. The average molecular weight is 433 g/mol. The summed E-state index contributed by atoms with van der Waals surface area (Å²) in [5.41, 5.74) is 2.83. The van der Waals surface area contributed by atoms with Crippen molar-refractivity contribution < 1.29 is 14.9 Å². The largest absolute Gasteiger partial charge is 0.506 e. The van der Waals surface area contributed by atoms with E-state index in [1.807, 2.05) is 17.9 Å². The normalized spacial score (nSPS) is 15.2. The van der Waals surface area contributed by atoms with Crippen molar-refractivity contribution in [3.05, 3.63) is 57.9 Å². The summed E-state index contributed by atoms with van der Waals surface area (Å²) in [6.45, 7) is 5.92.